The highest BCUT2D eigenvalue weighted by atomic mass is 35.5. The highest BCUT2D eigenvalue weighted by Gasteiger charge is 2.53. The van der Waals surface area contributed by atoms with Crippen molar-refractivity contribution in [2.24, 2.45) is 0 Å². The van der Waals surface area contributed by atoms with Crippen LogP contribution >= 0.6 is 23.2 Å². The van der Waals surface area contributed by atoms with Gasteiger partial charge in [-0.25, -0.2) is 0 Å². The Bertz CT molecular complexity index is 612. The lowest BCUT2D eigenvalue weighted by molar-refractivity contribution is -0.285. The third kappa shape index (κ3) is 8.25. The van der Waals surface area contributed by atoms with Crippen molar-refractivity contribution >= 4 is 47.1 Å². The first-order chi connectivity index (χ1) is 14.1. The van der Waals surface area contributed by atoms with Gasteiger partial charge in [-0.2, -0.15) is 0 Å². The molecule has 0 bridgehead atoms. The molecule has 12 heteroatoms. The number of alkyl halides is 2. The van der Waals surface area contributed by atoms with Gasteiger partial charge in [-0.15, -0.1) is 23.2 Å². The summed E-state index contributed by atoms with van der Waals surface area (Å²) in [5.41, 5.74) is 0. The molecule has 0 aromatic carbocycles. The van der Waals surface area contributed by atoms with E-state index in [1.54, 1.807) is 4.90 Å². The van der Waals surface area contributed by atoms with Crippen LogP contribution < -0.4 is 0 Å². The molecular formula is C18H27Cl2NO9. The van der Waals surface area contributed by atoms with Crippen molar-refractivity contribution < 1.29 is 42.9 Å². The normalized spacial score (nSPS) is 26.0. The van der Waals surface area contributed by atoms with Crippen molar-refractivity contribution in [1.29, 1.82) is 0 Å². The highest BCUT2D eigenvalue weighted by molar-refractivity contribution is 6.18. The Balaban J connectivity index is 3.43. The number of carbonyl (C=O) groups is 4. The van der Waals surface area contributed by atoms with E-state index in [2.05, 4.69) is 0 Å². The summed E-state index contributed by atoms with van der Waals surface area (Å²) in [6.07, 6.45) is -4.55. The number of nitrogens with zero attached hydrogens (tertiary/aromatic N) is 1. The number of hydrogen-bond donors (Lipinski definition) is 0. The summed E-state index contributed by atoms with van der Waals surface area (Å²) in [4.78, 5) is 48.3. The highest BCUT2D eigenvalue weighted by Crippen LogP contribution is 2.31. The predicted molar refractivity (Wildman–Crippen MR) is 105 cm³/mol. The van der Waals surface area contributed by atoms with Crippen LogP contribution in [0.1, 0.15) is 27.7 Å². The number of esters is 4. The molecule has 10 nitrogen and oxygen atoms in total. The zero-order chi connectivity index (χ0) is 22.8. The van der Waals surface area contributed by atoms with Gasteiger partial charge in [0, 0.05) is 52.5 Å². The van der Waals surface area contributed by atoms with Crippen molar-refractivity contribution in [3.63, 3.8) is 0 Å². The first kappa shape index (κ1) is 26.4. The van der Waals surface area contributed by atoms with E-state index in [9.17, 15) is 19.2 Å². The van der Waals surface area contributed by atoms with Gasteiger partial charge in [0.15, 0.2) is 12.2 Å². The predicted octanol–water partition coefficient (Wildman–Crippen LogP) is 0.849. The fraction of sp³-hybridized carbons (Fsp3) is 0.778. The maximum absolute atomic E-state index is 11.9. The molecule has 1 aliphatic rings. The SMILES string of the molecule is CC(=O)OC[C@@H]1O[C@@H](OC(C)=O)[C@@H](N(CCCl)CCCl)[C@@H](OC(C)=O)[C@@H]1OC(C)=O. The van der Waals surface area contributed by atoms with Gasteiger partial charge in [0.1, 0.15) is 18.8 Å². The Labute approximate surface area is 185 Å². The minimum atomic E-state index is -1.23. The van der Waals surface area contributed by atoms with E-state index >= 15 is 0 Å². The molecule has 0 aromatic heterocycles. The summed E-state index contributed by atoms with van der Waals surface area (Å²) in [5, 5.41) is 0. The van der Waals surface area contributed by atoms with Crippen molar-refractivity contribution in [3.8, 4) is 0 Å². The van der Waals surface area contributed by atoms with Crippen LogP contribution in [-0.2, 0) is 42.9 Å². The largest absolute Gasteiger partial charge is 0.463 e. The topological polar surface area (TPSA) is 118 Å². The summed E-state index contributed by atoms with van der Waals surface area (Å²) in [6.45, 7) is 5.01. The van der Waals surface area contributed by atoms with Crippen LogP contribution in [0, 0.1) is 0 Å². The molecule has 0 saturated carbocycles. The van der Waals surface area contributed by atoms with Crippen molar-refractivity contribution in [3.05, 3.63) is 0 Å². The third-order valence-electron chi connectivity index (χ3n) is 4.12. The van der Waals surface area contributed by atoms with Gasteiger partial charge in [-0.3, -0.25) is 24.1 Å². The van der Waals surface area contributed by atoms with Crippen molar-refractivity contribution in [2.45, 2.75) is 58.3 Å². The molecule has 30 heavy (non-hydrogen) atoms. The van der Waals surface area contributed by atoms with Crippen LogP contribution in [0.25, 0.3) is 0 Å². The quantitative estimate of drug-likeness (QED) is 0.257. The molecule has 0 aliphatic carbocycles. The van der Waals surface area contributed by atoms with Crippen LogP contribution in [0.15, 0.2) is 0 Å². The van der Waals surface area contributed by atoms with E-state index in [1.165, 1.54) is 27.7 Å². The van der Waals surface area contributed by atoms with E-state index in [1.807, 2.05) is 0 Å². The average molecular weight is 472 g/mol. The second kappa shape index (κ2) is 12.9. The summed E-state index contributed by atoms with van der Waals surface area (Å²) < 4.78 is 27.0. The molecule has 0 N–H and O–H groups in total. The van der Waals surface area contributed by atoms with Gasteiger partial charge in [0.05, 0.1) is 0 Å². The fourth-order valence-electron chi connectivity index (χ4n) is 3.16. The molecule has 0 unspecified atom stereocenters. The van der Waals surface area contributed by atoms with Gasteiger partial charge < -0.3 is 23.7 Å². The van der Waals surface area contributed by atoms with E-state index in [4.69, 9.17) is 46.9 Å². The molecule has 1 heterocycles. The Morgan fingerprint density at radius 3 is 1.73 bits per heavy atom. The average Bonchev–Trinajstić information content (AvgIpc) is 2.61. The monoisotopic (exact) mass is 471 g/mol. The first-order valence-corrected chi connectivity index (χ1v) is 10.3. The van der Waals surface area contributed by atoms with E-state index in [0.29, 0.717) is 13.1 Å². The van der Waals surface area contributed by atoms with Crippen LogP contribution in [0.2, 0.25) is 0 Å². The van der Waals surface area contributed by atoms with Crippen LogP contribution in [0.5, 0.6) is 0 Å². The Morgan fingerprint density at radius 2 is 1.30 bits per heavy atom. The minimum absolute atomic E-state index is 0.197. The maximum atomic E-state index is 11.9. The number of ether oxygens (including phenoxy) is 5. The zero-order valence-corrected chi connectivity index (χ0v) is 18.8. The molecular weight excluding hydrogens is 445 g/mol. The van der Waals surface area contributed by atoms with Gasteiger partial charge in [-0.1, -0.05) is 0 Å². The summed E-state index contributed by atoms with van der Waals surface area (Å²) in [6, 6.07) is -0.881. The first-order valence-electron chi connectivity index (χ1n) is 9.27. The molecule has 1 saturated heterocycles. The lowest BCUT2D eigenvalue weighted by Crippen LogP contribution is -2.67. The maximum Gasteiger partial charge on any atom is 0.304 e. The van der Waals surface area contributed by atoms with E-state index in [-0.39, 0.29) is 18.4 Å². The molecule has 5 atom stereocenters. The summed E-state index contributed by atoms with van der Waals surface area (Å²) >= 11 is 11.8. The second-order valence-corrected chi connectivity index (χ2v) is 7.26. The number of rotatable bonds is 10. The smallest absolute Gasteiger partial charge is 0.304 e. The molecule has 0 aromatic rings. The second-order valence-electron chi connectivity index (χ2n) is 6.51. The van der Waals surface area contributed by atoms with Crippen molar-refractivity contribution in [2.75, 3.05) is 31.5 Å². The lowest BCUT2D eigenvalue weighted by atomic mass is 9.94. The van der Waals surface area contributed by atoms with Crippen LogP contribution in [-0.4, -0.2) is 90.9 Å². The Morgan fingerprint density at radius 1 is 0.800 bits per heavy atom. The number of hydrogen-bond acceptors (Lipinski definition) is 10. The van der Waals surface area contributed by atoms with Crippen LogP contribution in [0.4, 0.5) is 0 Å². The molecule has 1 fully saturated rings. The molecule has 1 rings (SSSR count). The third-order valence-corrected chi connectivity index (χ3v) is 4.45. The Hall–Kier alpha value is -1.62. The van der Waals surface area contributed by atoms with Gasteiger partial charge in [0.25, 0.3) is 0 Å². The minimum Gasteiger partial charge on any atom is -0.463 e. The molecule has 0 amide bonds. The van der Waals surface area contributed by atoms with Crippen LogP contribution in [0.3, 0.4) is 0 Å². The molecule has 0 radical (unpaired) electrons. The van der Waals surface area contributed by atoms with Gasteiger partial charge in [-0.05, 0) is 0 Å². The van der Waals surface area contributed by atoms with E-state index in [0.717, 1.165) is 0 Å². The molecule has 172 valence electrons. The number of carbonyl (C=O) groups excluding carboxylic acids is 4. The standard InChI is InChI=1S/C18H27Cl2NO9/c1-10(22)26-9-14-16(27-11(2)23)17(28-12(3)24)15(18(30-14)29-13(4)25)21(7-5-19)8-6-20/h14-18H,5-9H2,1-4H3/t14-,15-,16+,17+,18+/m0/s1. The van der Waals surface area contributed by atoms with E-state index < -0.39 is 54.5 Å². The van der Waals surface area contributed by atoms with Gasteiger partial charge in [0.2, 0.25) is 6.29 Å². The summed E-state index contributed by atoms with van der Waals surface area (Å²) in [5.74, 6) is -2.18. The zero-order valence-electron chi connectivity index (χ0n) is 17.3. The molecule has 1 aliphatic heterocycles. The number of halogens is 2. The fourth-order valence-corrected chi connectivity index (χ4v) is 3.59. The lowest BCUT2D eigenvalue weighted by Gasteiger charge is -2.48. The van der Waals surface area contributed by atoms with Gasteiger partial charge >= 0.3 is 23.9 Å². The molecule has 0 spiro atoms. The Kier molecular flexibility index (Phi) is 11.4. The van der Waals surface area contributed by atoms with Crippen molar-refractivity contribution in [1.82, 2.24) is 4.90 Å². The summed E-state index contributed by atoms with van der Waals surface area (Å²) in [7, 11) is 0.